The zero-order valence-electron chi connectivity index (χ0n) is 16.1. The number of hydrogen-bond donors (Lipinski definition) is 1. The molecular weight excluding hydrogens is 352 g/mol. The Kier molecular flexibility index (Phi) is 7.33. The predicted molar refractivity (Wildman–Crippen MR) is 107 cm³/mol. The lowest BCUT2D eigenvalue weighted by molar-refractivity contribution is 0.405. The molecule has 0 aliphatic rings. The molecule has 0 fully saturated rings. The van der Waals surface area contributed by atoms with Crippen molar-refractivity contribution in [3.8, 4) is 11.5 Å². The Hall–Kier alpha value is -2.21. The number of methoxy groups -OCH3 is 2. The van der Waals surface area contributed by atoms with Gasteiger partial charge in [-0.3, -0.25) is 0 Å². The maximum atomic E-state index is 6.17. The summed E-state index contributed by atoms with van der Waals surface area (Å²) < 4.78 is 10.7. The highest BCUT2D eigenvalue weighted by Crippen LogP contribution is 2.37. The van der Waals surface area contributed by atoms with Crippen LogP contribution in [-0.2, 0) is 0 Å². The number of nitrogens with one attached hydrogen (secondary N) is 1. The van der Waals surface area contributed by atoms with E-state index in [-0.39, 0.29) is 0 Å². The first-order chi connectivity index (χ1) is 12.5. The smallest absolute Gasteiger partial charge is 0.229 e. The van der Waals surface area contributed by atoms with Crippen molar-refractivity contribution in [3.05, 3.63) is 28.9 Å². The lowest BCUT2D eigenvalue weighted by atomic mass is 10.2. The van der Waals surface area contributed by atoms with Crippen LogP contribution in [0.15, 0.2) is 18.2 Å². The second-order valence-electron chi connectivity index (χ2n) is 5.99. The molecule has 0 atom stereocenters. The molecule has 1 N–H and O–H groups in total. The fraction of sp³-hybridized carbons (Fsp3) is 0.474. The average molecular weight is 379 g/mol. The molecule has 0 amide bonds. The Morgan fingerprint density at radius 2 is 1.65 bits per heavy atom. The van der Waals surface area contributed by atoms with Gasteiger partial charge in [0.05, 0.1) is 24.9 Å². The fourth-order valence-electron chi connectivity index (χ4n) is 2.73. The van der Waals surface area contributed by atoms with Crippen LogP contribution in [0.3, 0.4) is 0 Å². The van der Waals surface area contributed by atoms with Crippen LogP contribution in [0.4, 0.5) is 17.5 Å². The van der Waals surface area contributed by atoms with Crippen molar-refractivity contribution in [3.63, 3.8) is 0 Å². The van der Waals surface area contributed by atoms with Crippen LogP contribution in [0.1, 0.15) is 32.4 Å². The first-order valence-corrected chi connectivity index (χ1v) is 9.19. The summed E-state index contributed by atoms with van der Waals surface area (Å²) in [6.45, 7) is 8.22. The minimum Gasteiger partial charge on any atom is -0.495 e. The van der Waals surface area contributed by atoms with E-state index >= 15 is 0 Å². The SMILES string of the molecule is CCCN(CCC)c1cc(C)nc(Nc2cc(OC)c(Cl)cc2OC)n1. The van der Waals surface area contributed by atoms with Crippen LogP contribution < -0.4 is 19.7 Å². The summed E-state index contributed by atoms with van der Waals surface area (Å²) in [5.74, 6) is 2.59. The van der Waals surface area contributed by atoms with Crippen LogP contribution in [0.25, 0.3) is 0 Å². The van der Waals surface area contributed by atoms with Gasteiger partial charge in [0.15, 0.2) is 0 Å². The molecule has 2 rings (SSSR count). The van der Waals surface area contributed by atoms with Crippen LogP contribution in [0, 0.1) is 6.92 Å². The van der Waals surface area contributed by atoms with Crippen molar-refractivity contribution in [1.29, 1.82) is 0 Å². The molecule has 0 saturated heterocycles. The zero-order valence-corrected chi connectivity index (χ0v) is 16.9. The van der Waals surface area contributed by atoms with Gasteiger partial charge in [0, 0.05) is 37.0 Å². The number of halogens is 1. The molecule has 2 aromatic rings. The number of aromatic nitrogens is 2. The van der Waals surface area contributed by atoms with Crippen molar-refractivity contribution in [2.24, 2.45) is 0 Å². The van der Waals surface area contributed by atoms with Crippen LogP contribution in [-0.4, -0.2) is 37.3 Å². The molecule has 1 heterocycles. The third kappa shape index (κ3) is 4.91. The first-order valence-electron chi connectivity index (χ1n) is 8.81. The molecule has 0 aliphatic heterocycles. The number of hydrogen-bond acceptors (Lipinski definition) is 6. The highest BCUT2D eigenvalue weighted by Gasteiger charge is 2.14. The Bertz CT molecular complexity index is 734. The maximum Gasteiger partial charge on any atom is 0.229 e. The summed E-state index contributed by atoms with van der Waals surface area (Å²) in [7, 11) is 3.17. The summed E-state index contributed by atoms with van der Waals surface area (Å²) in [4.78, 5) is 11.5. The minimum atomic E-state index is 0.484. The highest BCUT2D eigenvalue weighted by molar-refractivity contribution is 6.32. The van der Waals surface area contributed by atoms with Crippen molar-refractivity contribution in [1.82, 2.24) is 9.97 Å². The topological polar surface area (TPSA) is 59.5 Å². The largest absolute Gasteiger partial charge is 0.495 e. The third-order valence-electron chi connectivity index (χ3n) is 3.87. The van der Waals surface area contributed by atoms with Gasteiger partial charge < -0.3 is 19.7 Å². The van der Waals surface area contributed by atoms with Gasteiger partial charge in [0.2, 0.25) is 5.95 Å². The number of nitrogens with zero attached hydrogens (tertiary/aromatic N) is 3. The van der Waals surface area contributed by atoms with Gasteiger partial charge in [-0.05, 0) is 19.8 Å². The Labute approximate surface area is 160 Å². The molecule has 142 valence electrons. The quantitative estimate of drug-likeness (QED) is 0.674. The second kappa shape index (κ2) is 9.48. The van der Waals surface area contributed by atoms with E-state index in [1.54, 1.807) is 26.4 Å². The molecule has 6 nitrogen and oxygen atoms in total. The number of benzene rings is 1. The van der Waals surface area contributed by atoms with Gasteiger partial charge in [0.1, 0.15) is 17.3 Å². The van der Waals surface area contributed by atoms with E-state index in [0.29, 0.717) is 28.2 Å². The summed E-state index contributed by atoms with van der Waals surface area (Å²) in [6, 6.07) is 5.50. The molecule has 0 spiro atoms. The molecule has 1 aromatic carbocycles. The second-order valence-corrected chi connectivity index (χ2v) is 6.40. The van der Waals surface area contributed by atoms with Gasteiger partial charge in [-0.1, -0.05) is 25.4 Å². The maximum absolute atomic E-state index is 6.17. The van der Waals surface area contributed by atoms with Gasteiger partial charge in [0.25, 0.3) is 0 Å². The Balaban J connectivity index is 2.38. The molecule has 0 bridgehead atoms. The fourth-order valence-corrected chi connectivity index (χ4v) is 2.96. The van der Waals surface area contributed by atoms with E-state index in [1.165, 1.54) is 0 Å². The molecule has 7 heteroatoms. The van der Waals surface area contributed by atoms with Gasteiger partial charge in [-0.25, -0.2) is 4.98 Å². The van der Waals surface area contributed by atoms with E-state index in [9.17, 15) is 0 Å². The Morgan fingerprint density at radius 3 is 2.23 bits per heavy atom. The summed E-state index contributed by atoms with van der Waals surface area (Å²) in [6.07, 6.45) is 2.13. The summed E-state index contributed by atoms with van der Waals surface area (Å²) in [5, 5.41) is 3.72. The predicted octanol–water partition coefficient (Wildman–Crippen LogP) is 4.83. The molecule has 0 saturated carbocycles. The molecule has 1 aromatic heterocycles. The van der Waals surface area contributed by atoms with Crippen LogP contribution in [0.2, 0.25) is 5.02 Å². The molecule has 0 radical (unpaired) electrons. The number of anilines is 3. The van der Waals surface area contributed by atoms with E-state index in [0.717, 1.165) is 37.4 Å². The molecule has 26 heavy (non-hydrogen) atoms. The van der Waals surface area contributed by atoms with E-state index in [1.807, 2.05) is 13.0 Å². The third-order valence-corrected chi connectivity index (χ3v) is 4.17. The highest BCUT2D eigenvalue weighted by atomic mass is 35.5. The summed E-state index contributed by atoms with van der Waals surface area (Å²) >= 11 is 6.17. The summed E-state index contributed by atoms with van der Waals surface area (Å²) in [5.41, 5.74) is 1.59. The number of rotatable bonds is 9. The van der Waals surface area contributed by atoms with Crippen LogP contribution in [0.5, 0.6) is 11.5 Å². The first kappa shape index (κ1) is 20.1. The molecule has 0 unspecified atom stereocenters. The van der Waals surface area contributed by atoms with E-state index in [2.05, 4.69) is 29.0 Å². The number of aryl methyl sites for hydroxylation is 1. The average Bonchev–Trinajstić information content (AvgIpc) is 2.62. The van der Waals surface area contributed by atoms with Crippen molar-refractivity contribution < 1.29 is 9.47 Å². The number of ether oxygens (including phenoxy) is 2. The monoisotopic (exact) mass is 378 g/mol. The van der Waals surface area contributed by atoms with E-state index in [4.69, 9.17) is 26.1 Å². The van der Waals surface area contributed by atoms with E-state index < -0.39 is 0 Å². The molecular formula is C19H27ClN4O2. The van der Waals surface area contributed by atoms with Gasteiger partial charge in [-0.2, -0.15) is 4.98 Å². The zero-order chi connectivity index (χ0) is 19.1. The van der Waals surface area contributed by atoms with Gasteiger partial charge >= 0.3 is 0 Å². The Morgan fingerprint density at radius 1 is 1.00 bits per heavy atom. The lowest BCUT2D eigenvalue weighted by Crippen LogP contribution is -2.26. The molecule has 0 aliphatic carbocycles. The minimum absolute atomic E-state index is 0.484. The van der Waals surface area contributed by atoms with Crippen molar-refractivity contribution in [2.75, 3.05) is 37.5 Å². The van der Waals surface area contributed by atoms with Crippen molar-refractivity contribution in [2.45, 2.75) is 33.6 Å². The standard InChI is InChI=1S/C19H27ClN4O2/c1-6-8-24(9-7-2)18-10-13(3)21-19(23-18)22-15-12-16(25-4)14(20)11-17(15)26-5/h10-12H,6-9H2,1-5H3,(H,21,22,23). The van der Waals surface area contributed by atoms with Crippen LogP contribution >= 0.6 is 11.6 Å². The van der Waals surface area contributed by atoms with Crippen molar-refractivity contribution >= 4 is 29.1 Å². The lowest BCUT2D eigenvalue weighted by Gasteiger charge is -2.23. The van der Waals surface area contributed by atoms with Gasteiger partial charge in [-0.15, -0.1) is 0 Å². The normalized spacial score (nSPS) is 10.5.